The fraction of sp³-hybridized carbons (Fsp3) is 0.519. The van der Waals surface area contributed by atoms with Gasteiger partial charge in [0.2, 0.25) is 0 Å². The molecule has 1 aromatic heterocycles. The topological polar surface area (TPSA) is 41.7 Å². The summed E-state index contributed by atoms with van der Waals surface area (Å²) in [5.41, 5.74) is 2.90. The summed E-state index contributed by atoms with van der Waals surface area (Å²) in [4.78, 5) is 5.05. The number of piperidine rings is 2. The highest BCUT2D eigenvalue weighted by Crippen LogP contribution is 2.32. The predicted octanol–water partition coefficient (Wildman–Crippen LogP) is 5.60. The molecular weight excluding hydrogens is 417 g/mol. The van der Waals surface area contributed by atoms with Crippen LogP contribution in [0.3, 0.4) is 0 Å². The van der Waals surface area contributed by atoms with Crippen LogP contribution in [0.4, 0.5) is 4.39 Å². The number of rotatable bonds is 8. The maximum absolute atomic E-state index is 13.4. The Bertz CT molecular complexity index is 1020. The SMILES string of the molecule is Fc1ccc2c(C3CCN(CCCOc4ccc(CN5CCCCC5)cc4)CC3)noc2c1. The van der Waals surface area contributed by atoms with Crippen molar-refractivity contribution in [2.24, 2.45) is 0 Å². The number of nitrogens with zero attached hydrogens (tertiary/aromatic N) is 3. The molecule has 2 saturated heterocycles. The first-order valence-corrected chi connectivity index (χ1v) is 12.5. The van der Waals surface area contributed by atoms with Crippen LogP contribution in [0.1, 0.15) is 55.7 Å². The van der Waals surface area contributed by atoms with E-state index in [1.165, 1.54) is 50.0 Å². The first-order chi connectivity index (χ1) is 16.2. The molecule has 33 heavy (non-hydrogen) atoms. The molecule has 2 aliphatic heterocycles. The third-order valence-electron chi connectivity index (χ3n) is 7.10. The Kier molecular flexibility index (Phi) is 7.22. The monoisotopic (exact) mass is 451 g/mol. The number of hydrogen-bond donors (Lipinski definition) is 0. The predicted molar refractivity (Wildman–Crippen MR) is 128 cm³/mol. The minimum Gasteiger partial charge on any atom is -0.494 e. The van der Waals surface area contributed by atoms with Crippen LogP contribution < -0.4 is 4.74 Å². The summed E-state index contributed by atoms with van der Waals surface area (Å²) in [5, 5.41) is 5.20. The Hall–Kier alpha value is -2.44. The third-order valence-corrected chi connectivity index (χ3v) is 7.10. The van der Waals surface area contributed by atoms with Gasteiger partial charge in [-0.2, -0.15) is 0 Å². The normalized spacial score (nSPS) is 18.7. The van der Waals surface area contributed by atoms with Gasteiger partial charge >= 0.3 is 0 Å². The first-order valence-electron chi connectivity index (χ1n) is 12.5. The Morgan fingerprint density at radius 1 is 0.939 bits per heavy atom. The van der Waals surface area contributed by atoms with Crippen LogP contribution in [-0.4, -0.2) is 54.3 Å². The number of benzene rings is 2. The third kappa shape index (κ3) is 5.74. The fourth-order valence-electron chi connectivity index (χ4n) is 5.20. The van der Waals surface area contributed by atoms with Gasteiger partial charge in [0.15, 0.2) is 5.58 Å². The van der Waals surface area contributed by atoms with Crippen molar-refractivity contribution < 1.29 is 13.7 Å². The van der Waals surface area contributed by atoms with Gasteiger partial charge in [0, 0.05) is 30.5 Å². The Morgan fingerprint density at radius 3 is 2.52 bits per heavy atom. The van der Waals surface area contributed by atoms with E-state index in [1.807, 2.05) is 0 Å². The zero-order chi connectivity index (χ0) is 22.5. The van der Waals surface area contributed by atoms with E-state index in [1.54, 1.807) is 6.07 Å². The minimum atomic E-state index is -0.282. The van der Waals surface area contributed by atoms with Gasteiger partial charge in [-0.3, -0.25) is 4.90 Å². The van der Waals surface area contributed by atoms with Crippen molar-refractivity contribution in [2.75, 3.05) is 39.3 Å². The molecule has 5 rings (SSSR count). The van der Waals surface area contributed by atoms with Crippen LogP contribution in [-0.2, 0) is 6.54 Å². The second kappa shape index (κ2) is 10.7. The zero-order valence-corrected chi connectivity index (χ0v) is 19.3. The molecule has 0 saturated carbocycles. The van der Waals surface area contributed by atoms with E-state index >= 15 is 0 Å². The van der Waals surface area contributed by atoms with Gasteiger partial charge < -0.3 is 14.2 Å². The number of fused-ring (bicyclic) bond motifs is 1. The van der Waals surface area contributed by atoms with E-state index in [0.29, 0.717) is 11.5 Å². The minimum absolute atomic E-state index is 0.282. The Morgan fingerprint density at radius 2 is 1.73 bits per heavy atom. The molecule has 0 bridgehead atoms. The van der Waals surface area contributed by atoms with E-state index in [-0.39, 0.29) is 5.82 Å². The van der Waals surface area contributed by atoms with Crippen molar-refractivity contribution in [2.45, 2.75) is 51.0 Å². The van der Waals surface area contributed by atoms with Crippen LogP contribution in [0, 0.1) is 5.82 Å². The molecule has 6 heteroatoms. The molecule has 2 aromatic carbocycles. The lowest BCUT2D eigenvalue weighted by Gasteiger charge is -2.31. The highest BCUT2D eigenvalue weighted by Gasteiger charge is 2.25. The van der Waals surface area contributed by atoms with E-state index in [9.17, 15) is 4.39 Å². The van der Waals surface area contributed by atoms with Crippen LogP contribution in [0.25, 0.3) is 11.0 Å². The Labute approximate surface area is 195 Å². The second-order valence-electron chi connectivity index (χ2n) is 9.51. The number of likely N-dealkylation sites (tertiary alicyclic amines) is 2. The van der Waals surface area contributed by atoms with E-state index in [2.05, 4.69) is 39.2 Å². The molecule has 0 radical (unpaired) electrons. The summed E-state index contributed by atoms with van der Waals surface area (Å²) >= 11 is 0. The molecule has 0 N–H and O–H groups in total. The standard InChI is InChI=1S/C27H34FN3O2/c28-23-7-10-25-26(19-23)33-29-27(25)22-11-16-30(17-12-22)15-4-18-32-24-8-5-21(6-9-24)20-31-13-2-1-3-14-31/h5-10,19,22H,1-4,11-18,20H2. The molecule has 2 fully saturated rings. The van der Waals surface area contributed by atoms with Crippen molar-refractivity contribution in [3.05, 3.63) is 59.5 Å². The number of hydrogen-bond acceptors (Lipinski definition) is 5. The summed E-state index contributed by atoms with van der Waals surface area (Å²) < 4.78 is 24.7. The van der Waals surface area contributed by atoms with Gasteiger partial charge in [0.25, 0.3) is 0 Å². The Balaban J connectivity index is 1.01. The van der Waals surface area contributed by atoms with Crippen LogP contribution >= 0.6 is 0 Å². The van der Waals surface area contributed by atoms with E-state index < -0.39 is 0 Å². The summed E-state index contributed by atoms with van der Waals surface area (Å²) in [6.07, 6.45) is 7.17. The molecule has 176 valence electrons. The quantitative estimate of drug-likeness (QED) is 0.417. The lowest BCUT2D eigenvalue weighted by molar-refractivity contribution is 0.191. The van der Waals surface area contributed by atoms with Crippen molar-refractivity contribution in [3.63, 3.8) is 0 Å². The van der Waals surface area contributed by atoms with Crippen molar-refractivity contribution in [1.82, 2.24) is 15.0 Å². The average molecular weight is 452 g/mol. The molecule has 0 amide bonds. The summed E-state index contributed by atoms with van der Waals surface area (Å²) in [5.74, 6) is 1.06. The molecule has 0 aliphatic carbocycles. The molecule has 2 aliphatic rings. The van der Waals surface area contributed by atoms with Gasteiger partial charge in [-0.05, 0) is 88.1 Å². The second-order valence-corrected chi connectivity index (χ2v) is 9.51. The van der Waals surface area contributed by atoms with Gasteiger partial charge in [-0.1, -0.05) is 23.7 Å². The summed E-state index contributed by atoms with van der Waals surface area (Å²) in [6, 6.07) is 13.3. The zero-order valence-electron chi connectivity index (χ0n) is 19.3. The van der Waals surface area contributed by atoms with E-state index in [0.717, 1.165) is 68.9 Å². The number of aromatic nitrogens is 1. The average Bonchev–Trinajstić information content (AvgIpc) is 3.27. The number of halogens is 1. The molecular formula is C27H34FN3O2. The highest BCUT2D eigenvalue weighted by molar-refractivity contribution is 5.79. The molecule has 0 unspecified atom stereocenters. The fourth-order valence-corrected chi connectivity index (χ4v) is 5.20. The molecule has 3 aromatic rings. The lowest BCUT2D eigenvalue weighted by atomic mass is 9.91. The first kappa shape index (κ1) is 22.4. The molecule has 0 spiro atoms. The molecule has 3 heterocycles. The largest absolute Gasteiger partial charge is 0.494 e. The van der Waals surface area contributed by atoms with E-state index in [4.69, 9.17) is 9.26 Å². The van der Waals surface area contributed by atoms with Crippen LogP contribution in [0.5, 0.6) is 5.75 Å². The van der Waals surface area contributed by atoms with Crippen molar-refractivity contribution >= 4 is 11.0 Å². The maximum atomic E-state index is 13.4. The number of ether oxygens (including phenoxy) is 1. The van der Waals surface area contributed by atoms with Gasteiger partial charge in [0.1, 0.15) is 11.6 Å². The molecule has 0 atom stereocenters. The maximum Gasteiger partial charge on any atom is 0.170 e. The summed E-state index contributed by atoms with van der Waals surface area (Å²) in [7, 11) is 0. The highest BCUT2D eigenvalue weighted by atomic mass is 19.1. The van der Waals surface area contributed by atoms with Gasteiger partial charge in [0.05, 0.1) is 12.3 Å². The van der Waals surface area contributed by atoms with Crippen LogP contribution in [0.15, 0.2) is 47.0 Å². The van der Waals surface area contributed by atoms with Gasteiger partial charge in [-0.25, -0.2) is 4.39 Å². The van der Waals surface area contributed by atoms with Crippen molar-refractivity contribution in [1.29, 1.82) is 0 Å². The van der Waals surface area contributed by atoms with Crippen LogP contribution in [0.2, 0.25) is 0 Å². The smallest absolute Gasteiger partial charge is 0.170 e. The summed E-state index contributed by atoms with van der Waals surface area (Å²) in [6.45, 7) is 7.39. The lowest BCUT2D eigenvalue weighted by Crippen LogP contribution is -2.34. The van der Waals surface area contributed by atoms with Crippen molar-refractivity contribution in [3.8, 4) is 5.75 Å². The molecule has 5 nitrogen and oxygen atoms in total. The van der Waals surface area contributed by atoms with Gasteiger partial charge in [-0.15, -0.1) is 0 Å².